The fourth-order valence-corrected chi connectivity index (χ4v) is 9.77. The van der Waals surface area contributed by atoms with Gasteiger partial charge in [-0.2, -0.15) is 0 Å². The SMILES string of the molecule is COc1ccc2c(c1OC)Sc1ccccc1C21OCC(CCC2COC3(OC2)c2ccccc2Sc2c3ccc(OC)c2OC)CO1. The number of hydrogen-bond donors (Lipinski definition) is 0. The molecule has 0 unspecified atom stereocenters. The van der Waals surface area contributed by atoms with Crippen LogP contribution in [0.2, 0.25) is 0 Å². The average Bonchev–Trinajstić information content (AvgIpc) is 3.14. The first-order valence-electron chi connectivity index (χ1n) is 16.2. The molecule has 0 N–H and O–H groups in total. The average molecular weight is 687 g/mol. The van der Waals surface area contributed by atoms with Crippen LogP contribution >= 0.6 is 23.5 Å². The first kappa shape index (κ1) is 31.9. The van der Waals surface area contributed by atoms with Gasteiger partial charge in [-0.3, -0.25) is 0 Å². The lowest BCUT2D eigenvalue weighted by molar-refractivity contribution is -0.277. The van der Waals surface area contributed by atoms with E-state index in [9.17, 15) is 0 Å². The molecule has 2 spiro atoms. The van der Waals surface area contributed by atoms with Crippen LogP contribution in [-0.4, -0.2) is 54.9 Å². The van der Waals surface area contributed by atoms with Gasteiger partial charge in [-0.25, -0.2) is 0 Å². The molecule has 4 aliphatic heterocycles. The van der Waals surface area contributed by atoms with E-state index in [1.807, 2.05) is 48.5 Å². The Hall–Kier alpha value is -3.38. The van der Waals surface area contributed by atoms with E-state index in [1.54, 1.807) is 52.0 Å². The fourth-order valence-electron chi connectivity index (χ4n) is 7.23. The summed E-state index contributed by atoms with van der Waals surface area (Å²) in [5.41, 5.74) is 3.94. The van der Waals surface area contributed by atoms with E-state index in [4.69, 9.17) is 37.9 Å². The minimum Gasteiger partial charge on any atom is -0.493 e. The molecule has 0 radical (unpaired) electrons. The Morgan fingerprint density at radius 1 is 0.521 bits per heavy atom. The number of benzene rings is 4. The molecule has 0 bridgehead atoms. The van der Waals surface area contributed by atoms with Crippen LogP contribution in [0.5, 0.6) is 23.0 Å². The zero-order valence-electron chi connectivity index (χ0n) is 27.4. The van der Waals surface area contributed by atoms with Gasteiger partial charge in [0.25, 0.3) is 0 Å². The topological polar surface area (TPSA) is 73.8 Å². The molecule has 0 aromatic heterocycles. The number of ether oxygens (including phenoxy) is 8. The summed E-state index contributed by atoms with van der Waals surface area (Å²) in [7, 11) is 6.65. The normalized spacial score (nSPS) is 25.4. The Labute approximate surface area is 289 Å². The summed E-state index contributed by atoms with van der Waals surface area (Å²) >= 11 is 3.32. The zero-order valence-corrected chi connectivity index (χ0v) is 29.0. The standard InChI is InChI=1S/C38H38O8S2/c1-39-29-17-15-27-35(33(29)41-3)47-31-11-7-5-9-25(31)37(27)43-19-23(20-44-37)13-14-24-21-45-38(46-22-24)26-10-6-8-12-32(26)48-36-28(38)16-18-30(40-2)34(36)42-4/h5-12,15-18,23-24H,13-14,19-22H2,1-4H3. The van der Waals surface area contributed by atoms with Crippen molar-refractivity contribution < 1.29 is 37.9 Å². The summed E-state index contributed by atoms with van der Waals surface area (Å²) in [5.74, 6) is 1.23. The molecule has 48 heavy (non-hydrogen) atoms. The van der Waals surface area contributed by atoms with Crippen molar-refractivity contribution in [2.24, 2.45) is 11.8 Å². The van der Waals surface area contributed by atoms with E-state index in [2.05, 4.69) is 24.3 Å². The lowest BCUT2D eigenvalue weighted by Crippen LogP contribution is -2.46. The van der Waals surface area contributed by atoms with E-state index in [0.717, 1.165) is 54.7 Å². The van der Waals surface area contributed by atoms with Crippen LogP contribution in [0, 0.1) is 11.8 Å². The third kappa shape index (κ3) is 4.99. The highest BCUT2D eigenvalue weighted by molar-refractivity contribution is 8.00. The van der Waals surface area contributed by atoms with Crippen LogP contribution in [-0.2, 0) is 30.5 Å². The van der Waals surface area contributed by atoms with Gasteiger partial charge in [0.05, 0.1) is 64.7 Å². The minimum absolute atomic E-state index is 0.237. The van der Waals surface area contributed by atoms with Gasteiger partial charge in [-0.1, -0.05) is 59.9 Å². The summed E-state index contributed by atoms with van der Waals surface area (Å²) in [6.45, 7) is 2.30. The van der Waals surface area contributed by atoms with Crippen molar-refractivity contribution in [1.82, 2.24) is 0 Å². The van der Waals surface area contributed by atoms with E-state index >= 15 is 0 Å². The first-order valence-corrected chi connectivity index (χ1v) is 17.8. The van der Waals surface area contributed by atoms with Crippen molar-refractivity contribution in [3.8, 4) is 23.0 Å². The molecule has 0 aliphatic carbocycles. The molecule has 0 atom stereocenters. The van der Waals surface area contributed by atoms with E-state index < -0.39 is 11.6 Å². The van der Waals surface area contributed by atoms with Gasteiger partial charge in [0.1, 0.15) is 0 Å². The van der Waals surface area contributed by atoms with Crippen molar-refractivity contribution in [3.63, 3.8) is 0 Å². The molecule has 2 fully saturated rings. The molecule has 4 aromatic carbocycles. The second kappa shape index (κ2) is 12.8. The van der Waals surface area contributed by atoms with Crippen molar-refractivity contribution >= 4 is 23.5 Å². The highest BCUT2D eigenvalue weighted by atomic mass is 32.2. The third-order valence-electron chi connectivity index (χ3n) is 9.69. The third-order valence-corrected chi connectivity index (χ3v) is 12.1. The van der Waals surface area contributed by atoms with Gasteiger partial charge in [-0.15, -0.1) is 0 Å². The highest BCUT2D eigenvalue weighted by Gasteiger charge is 2.50. The van der Waals surface area contributed by atoms with E-state index in [0.29, 0.717) is 49.4 Å². The van der Waals surface area contributed by atoms with Crippen LogP contribution in [0.4, 0.5) is 0 Å². The Morgan fingerprint density at radius 2 is 0.917 bits per heavy atom. The summed E-state index contributed by atoms with van der Waals surface area (Å²) in [4.78, 5) is 4.08. The molecule has 2 saturated heterocycles. The van der Waals surface area contributed by atoms with Crippen molar-refractivity contribution in [2.75, 3.05) is 54.9 Å². The highest BCUT2D eigenvalue weighted by Crippen LogP contribution is 2.58. The summed E-state index contributed by atoms with van der Waals surface area (Å²) in [6.07, 6.45) is 1.87. The van der Waals surface area contributed by atoms with Crippen molar-refractivity contribution in [1.29, 1.82) is 0 Å². The first-order chi connectivity index (χ1) is 23.5. The maximum Gasteiger partial charge on any atom is 0.224 e. The number of methoxy groups -OCH3 is 4. The molecule has 8 rings (SSSR count). The summed E-state index contributed by atoms with van der Waals surface area (Å²) < 4.78 is 50.0. The van der Waals surface area contributed by atoms with Gasteiger partial charge >= 0.3 is 0 Å². The predicted octanol–water partition coefficient (Wildman–Crippen LogP) is 7.86. The summed E-state index contributed by atoms with van der Waals surface area (Å²) in [6, 6.07) is 24.5. The van der Waals surface area contributed by atoms with Gasteiger partial charge in [0, 0.05) is 43.9 Å². The molecule has 4 aliphatic rings. The Kier molecular flexibility index (Phi) is 8.51. The molecule has 4 aromatic rings. The van der Waals surface area contributed by atoms with Crippen LogP contribution in [0.1, 0.15) is 35.1 Å². The molecular formula is C38H38O8S2. The Balaban J connectivity index is 0.979. The van der Waals surface area contributed by atoms with Gasteiger partial charge in [0.2, 0.25) is 11.6 Å². The van der Waals surface area contributed by atoms with Crippen LogP contribution < -0.4 is 18.9 Å². The number of fused-ring (bicyclic) bond motifs is 8. The van der Waals surface area contributed by atoms with Gasteiger partial charge < -0.3 is 37.9 Å². The number of hydrogen-bond acceptors (Lipinski definition) is 10. The van der Waals surface area contributed by atoms with Crippen LogP contribution in [0.15, 0.2) is 92.4 Å². The smallest absolute Gasteiger partial charge is 0.224 e. The quantitative estimate of drug-likeness (QED) is 0.192. The maximum atomic E-state index is 6.77. The van der Waals surface area contributed by atoms with Crippen molar-refractivity contribution in [3.05, 3.63) is 95.1 Å². The predicted molar refractivity (Wildman–Crippen MR) is 182 cm³/mol. The zero-order chi connectivity index (χ0) is 32.9. The lowest BCUT2D eigenvalue weighted by atomic mass is 9.91. The molecule has 0 amide bonds. The fraction of sp³-hybridized carbons (Fsp3) is 0.368. The molecule has 8 nitrogen and oxygen atoms in total. The maximum absolute atomic E-state index is 6.77. The second-order valence-electron chi connectivity index (χ2n) is 12.3. The second-order valence-corrected chi connectivity index (χ2v) is 14.4. The lowest BCUT2D eigenvalue weighted by Gasteiger charge is -2.45. The van der Waals surface area contributed by atoms with Gasteiger partial charge in [-0.05, 0) is 49.2 Å². The largest absolute Gasteiger partial charge is 0.493 e. The van der Waals surface area contributed by atoms with E-state index in [1.165, 1.54) is 0 Å². The molecular weight excluding hydrogens is 649 g/mol. The molecule has 10 heteroatoms. The molecule has 0 saturated carbocycles. The Bertz CT molecular complexity index is 1690. The van der Waals surface area contributed by atoms with Crippen LogP contribution in [0.25, 0.3) is 0 Å². The Morgan fingerprint density at radius 3 is 1.29 bits per heavy atom. The monoisotopic (exact) mass is 686 g/mol. The van der Waals surface area contributed by atoms with Gasteiger partial charge in [0.15, 0.2) is 23.0 Å². The van der Waals surface area contributed by atoms with Crippen LogP contribution in [0.3, 0.4) is 0 Å². The molecule has 4 heterocycles. The van der Waals surface area contributed by atoms with E-state index in [-0.39, 0.29) is 11.8 Å². The summed E-state index contributed by atoms with van der Waals surface area (Å²) in [5, 5.41) is 0. The minimum atomic E-state index is -1.000. The molecule has 250 valence electrons. The number of rotatable bonds is 7. The van der Waals surface area contributed by atoms with Crippen molar-refractivity contribution in [2.45, 2.75) is 44.0 Å².